The third-order valence-corrected chi connectivity index (χ3v) is 3.44. The van der Waals surface area contributed by atoms with Crippen LogP contribution in [-0.4, -0.2) is 49.8 Å². The molecule has 1 saturated heterocycles. The first-order chi connectivity index (χ1) is 7.17. The molecule has 0 aromatic heterocycles. The third kappa shape index (κ3) is 4.09. The van der Waals surface area contributed by atoms with Crippen molar-refractivity contribution in [2.75, 3.05) is 26.7 Å². The summed E-state index contributed by atoms with van der Waals surface area (Å²) in [7, 11) is 2.03. The van der Waals surface area contributed by atoms with Crippen LogP contribution in [0.25, 0.3) is 0 Å². The summed E-state index contributed by atoms with van der Waals surface area (Å²) in [6.07, 6.45) is 2.80. The van der Waals surface area contributed by atoms with E-state index in [1.165, 1.54) is 6.42 Å². The fourth-order valence-corrected chi connectivity index (χ4v) is 2.17. The molecule has 0 aromatic carbocycles. The van der Waals surface area contributed by atoms with Crippen LogP contribution in [0.3, 0.4) is 0 Å². The van der Waals surface area contributed by atoms with Gasteiger partial charge in [0.1, 0.15) is 0 Å². The first-order valence-corrected chi connectivity index (χ1v) is 6.20. The maximum absolute atomic E-state index is 5.68. The molecule has 0 aliphatic carbocycles. The Kier molecular flexibility index (Phi) is 5.58. The Labute approximate surface area is 94.2 Å². The Morgan fingerprint density at radius 3 is 2.80 bits per heavy atom. The van der Waals surface area contributed by atoms with Gasteiger partial charge in [-0.1, -0.05) is 6.92 Å². The molecular formula is C12H26N2O. The van der Waals surface area contributed by atoms with Crippen molar-refractivity contribution in [3.8, 4) is 0 Å². The largest absolute Gasteiger partial charge is 0.376 e. The third-order valence-electron chi connectivity index (χ3n) is 3.44. The standard InChI is InChI=1S/C12H26N2O/c1-5-12-9-14(6-7-15-12)11(3)8-10(2)13-4/h10-13H,5-9H2,1-4H3. The zero-order valence-electron chi connectivity index (χ0n) is 10.6. The number of nitrogens with one attached hydrogen (secondary N) is 1. The van der Waals surface area contributed by atoms with Gasteiger partial charge in [0.2, 0.25) is 0 Å². The van der Waals surface area contributed by atoms with Crippen LogP contribution in [0.15, 0.2) is 0 Å². The number of hydrogen-bond acceptors (Lipinski definition) is 3. The highest BCUT2D eigenvalue weighted by Gasteiger charge is 2.23. The fraction of sp³-hybridized carbons (Fsp3) is 1.00. The molecule has 0 bridgehead atoms. The number of nitrogens with zero attached hydrogens (tertiary/aromatic N) is 1. The molecular weight excluding hydrogens is 188 g/mol. The summed E-state index contributed by atoms with van der Waals surface area (Å²) in [5.41, 5.74) is 0. The number of rotatable bonds is 5. The van der Waals surface area contributed by atoms with Gasteiger partial charge in [-0.3, -0.25) is 4.90 Å². The first-order valence-electron chi connectivity index (χ1n) is 6.20. The maximum atomic E-state index is 5.68. The normalized spacial score (nSPS) is 27.6. The summed E-state index contributed by atoms with van der Waals surface area (Å²) in [6, 6.07) is 1.26. The number of hydrogen-bond donors (Lipinski definition) is 1. The summed E-state index contributed by atoms with van der Waals surface area (Å²) < 4.78 is 5.68. The molecule has 1 fully saturated rings. The van der Waals surface area contributed by atoms with Crippen molar-refractivity contribution in [3.63, 3.8) is 0 Å². The summed E-state index contributed by atoms with van der Waals surface area (Å²) >= 11 is 0. The molecule has 1 aliphatic heterocycles. The van der Waals surface area contributed by atoms with E-state index in [-0.39, 0.29) is 0 Å². The SMILES string of the molecule is CCC1CN(C(C)CC(C)NC)CCO1. The van der Waals surface area contributed by atoms with E-state index in [1.807, 2.05) is 7.05 Å². The topological polar surface area (TPSA) is 24.5 Å². The van der Waals surface area contributed by atoms with Crippen LogP contribution in [0, 0.1) is 0 Å². The Hall–Kier alpha value is -0.120. The smallest absolute Gasteiger partial charge is 0.0700 e. The minimum Gasteiger partial charge on any atom is -0.376 e. The van der Waals surface area contributed by atoms with Gasteiger partial charge < -0.3 is 10.1 Å². The quantitative estimate of drug-likeness (QED) is 0.750. The average molecular weight is 214 g/mol. The minimum absolute atomic E-state index is 0.450. The number of ether oxygens (including phenoxy) is 1. The fourth-order valence-electron chi connectivity index (χ4n) is 2.17. The zero-order chi connectivity index (χ0) is 11.3. The molecule has 0 spiro atoms. The summed E-state index contributed by atoms with van der Waals surface area (Å²) in [5, 5.41) is 3.30. The number of morpholine rings is 1. The van der Waals surface area contributed by atoms with Gasteiger partial charge in [0, 0.05) is 25.2 Å². The molecule has 0 radical (unpaired) electrons. The Balaban J connectivity index is 2.34. The van der Waals surface area contributed by atoms with Crippen LogP contribution < -0.4 is 5.32 Å². The molecule has 1 rings (SSSR count). The molecule has 3 nitrogen and oxygen atoms in total. The molecule has 1 N–H and O–H groups in total. The molecule has 90 valence electrons. The van der Waals surface area contributed by atoms with E-state index < -0.39 is 0 Å². The summed E-state index contributed by atoms with van der Waals surface area (Å²) in [6.45, 7) is 9.87. The molecule has 0 amide bonds. The van der Waals surface area contributed by atoms with Crippen molar-refractivity contribution in [3.05, 3.63) is 0 Å². The highest BCUT2D eigenvalue weighted by Crippen LogP contribution is 2.14. The van der Waals surface area contributed by atoms with Crippen molar-refractivity contribution in [1.82, 2.24) is 10.2 Å². The van der Waals surface area contributed by atoms with Gasteiger partial charge in [-0.25, -0.2) is 0 Å². The highest BCUT2D eigenvalue weighted by atomic mass is 16.5. The second-order valence-corrected chi connectivity index (χ2v) is 4.67. The van der Waals surface area contributed by atoms with Crippen molar-refractivity contribution in [2.45, 2.75) is 51.8 Å². The van der Waals surface area contributed by atoms with Gasteiger partial charge >= 0.3 is 0 Å². The van der Waals surface area contributed by atoms with Crippen LogP contribution in [-0.2, 0) is 4.74 Å². The summed E-state index contributed by atoms with van der Waals surface area (Å²) in [4.78, 5) is 2.56. The molecule has 3 unspecified atom stereocenters. The van der Waals surface area contributed by atoms with E-state index in [9.17, 15) is 0 Å². The molecule has 0 aromatic rings. The van der Waals surface area contributed by atoms with Crippen molar-refractivity contribution >= 4 is 0 Å². The predicted molar refractivity (Wildman–Crippen MR) is 64.2 cm³/mol. The molecule has 0 saturated carbocycles. The molecule has 1 heterocycles. The Morgan fingerprint density at radius 2 is 2.20 bits per heavy atom. The van der Waals surface area contributed by atoms with Crippen LogP contribution in [0.4, 0.5) is 0 Å². The van der Waals surface area contributed by atoms with E-state index in [0.29, 0.717) is 18.2 Å². The molecule has 3 atom stereocenters. The van der Waals surface area contributed by atoms with E-state index in [0.717, 1.165) is 26.1 Å². The van der Waals surface area contributed by atoms with Crippen molar-refractivity contribution in [1.29, 1.82) is 0 Å². The molecule has 3 heteroatoms. The molecule has 15 heavy (non-hydrogen) atoms. The summed E-state index contributed by atoms with van der Waals surface area (Å²) in [5.74, 6) is 0. The van der Waals surface area contributed by atoms with Gasteiger partial charge in [0.15, 0.2) is 0 Å². The first kappa shape index (κ1) is 12.9. The minimum atomic E-state index is 0.450. The van der Waals surface area contributed by atoms with E-state index in [4.69, 9.17) is 4.74 Å². The zero-order valence-corrected chi connectivity index (χ0v) is 10.6. The Morgan fingerprint density at radius 1 is 1.47 bits per heavy atom. The van der Waals surface area contributed by atoms with Gasteiger partial charge in [0.25, 0.3) is 0 Å². The van der Waals surface area contributed by atoms with E-state index >= 15 is 0 Å². The lowest BCUT2D eigenvalue weighted by molar-refractivity contribution is -0.0437. The van der Waals surface area contributed by atoms with Crippen molar-refractivity contribution < 1.29 is 4.74 Å². The van der Waals surface area contributed by atoms with Crippen LogP contribution in [0.5, 0.6) is 0 Å². The van der Waals surface area contributed by atoms with E-state index in [2.05, 4.69) is 31.0 Å². The van der Waals surface area contributed by atoms with Crippen LogP contribution in [0.1, 0.15) is 33.6 Å². The van der Waals surface area contributed by atoms with Gasteiger partial charge in [0.05, 0.1) is 12.7 Å². The van der Waals surface area contributed by atoms with Crippen LogP contribution in [0.2, 0.25) is 0 Å². The lowest BCUT2D eigenvalue weighted by Crippen LogP contribution is -2.48. The van der Waals surface area contributed by atoms with Gasteiger partial charge in [-0.2, -0.15) is 0 Å². The predicted octanol–water partition coefficient (Wildman–Crippen LogP) is 1.48. The van der Waals surface area contributed by atoms with E-state index in [1.54, 1.807) is 0 Å². The van der Waals surface area contributed by atoms with Gasteiger partial charge in [-0.15, -0.1) is 0 Å². The average Bonchev–Trinajstić information content (AvgIpc) is 2.28. The van der Waals surface area contributed by atoms with Crippen molar-refractivity contribution in [2.24, 2.45) is 0 Å². The second kappa shape index (κ2) is 6.46. The maximum Gasteiger partial charge on any atom is 0.0700 e. The Bertz CT molecular complexity index is 175. The monoisotopic (exact) mass is 214 g/mol. The second-order valence-electron chi connectivity index (χ2n) is 4.67. The lowest BCUT2D eigenvalue weighted by atomic mass is 10.1. The molecule has 1 aliphatic rings. The van der Waals surface area contributed by atoms with Gasteiger partial charge in [-0.05, 0) is 33.7 Å². The highest BCUT2D eigenvalue weighted by molar-refractivity contribution is 4.77. The van der Waals surface area contributed by atoms with Crippen LogP contribution >= 0.6 is 0 Å². The lowest BCUT2D eigenvalue weighted by Gasteiger charge is -2.37.